The summed E-state index contributed by atoms with van der Waals surface area (Å²) in [7, 11) is 0. The number of hydrogen-bond acceptors (Lipinski definition) is 2. The average molecular weight is 354 g/mol. The Balaban J connectivity index is 0.00000147. The predicted molar refractivity (Wildman–Crippen MR) is 86.0 cm³/mol. The third kappa shape index (κ3) is 2.67. The fraction of sp³-hybridized carbons (Fsp3) is 0.133. The van der Waals surface area contributed by atoms with Crippen molar-refractivity contribution in [1.29, 1.82) is 0 Å². The topological polar surface area (TPSA) is 31.0 Å². The molecule has 1 aromatic carbocycles. The number of hydrogen-bond donors (Lipinski definition) is 0. The molecule has 2 aromatic heterocycles. The van der Waals surface area contributed by atoms with Gasteiger partial charge in [0, 0.05) is 29.0 Å². The van der Waals surface area contributed by atoms with Crippen molar-refractivity contribution in [1.82, 2.24) is 9.55 Å². The summed E-state index contributed by atoms with van der Waals surface area (Å²) in [6.07, 6.45) is 3.75. The highest BCUT2D eigenvalue weighted by molar-refractivity contribution is 9.10. The second kappa shape index (κ2) is 6.29. The summed E-state index contributed by atoms with van der Waals surface area (Å²) in [5.41, 5.74) is 1.04. The normalized spacial score (nSPS) is 10.3. The van der Waals surface area contributed by atoms with E-state index in [1.807, 2.05) is 42.6 Å². The lowest BCUT2D eigenvalue weighted by Crippen LogP contribution is -1.94. The van der Waals surface area contributed by atoms with Crippen LogP contribution in [0.5, 0.6) is 0 Å². The average Bonchev–Trinajstić information content (AvgIpc) is 3.07. The number of aromatic nitrogens is 2. The molecule has 0 fully saturated rings. The summed E-state index contributed by atoms with van der Waals surface area (Å²) >= 11 is 3.54. The highest BCUT2D eigenvalue weighted by Gasteiger charge is 2.12. The molecule has 0 aliphatic heterocycles. The van der Waals surface area contributed by atoms with Crippen LogP contribution in [0.2, 0.25) is 0 Å². The van der Waals surface area contributed by atoms with E-state index in [1.165, 1.54) is 0 Å². The van der Waals surface area contributed by atoms with Gasteiger partial charge in [-0.05, 0) is 25.1 Å². The Morgan fingerprint density at radius 1 is 1.15 bits per heavy atom. The van der Waals surface area contributed by atoms with Gasteiger partial charge in [0.25, 0.3) is 0 Å². The molecule has 0 aliphatic rings. The van der Waals surface area contributed by atoms with Gasteiger partial charge < -0.3 is 8.98 Å². The van der Waals surface area contributed by atoms with Gasteiger partial charge in [0.05, 0.1) is 0 Å². The first kappa shape index (κ1) is 14.9. The van der Waals surface area contributed by atoms with Crippen molar-refractivity contribution in [3.63, 3.8) is 0 Å². The SMILES string of the molecule is CCn1ccnc1-c1ccc(-c2ccccc2Br)o1.Cl. The lowest BCUT2D eigenvalue weighted by Gasteiger charge is -2.02. The smallest absolute Gasteiger partial charge is 0.176 e. The van der Waals surface area contributed by atoms with Crippen LogP contribution in [0.25, 0.3) is 22.9 Å². The second-order valence-electron chi connectivity index (χ2n) is 4.18. The van der Waals surface area contributed by atoms with Crippen LogP contribution in [0.3, 0.4) is 0 Å². The first-order valence-electron chi connectivity index (χ1n) is 6.16. The first-order chi connectivity index (χ1) is 9.29. The number of benzene rings is 1. The van der Waals surface area contributed by atoms with Crippen LogP contribution >= 0.6 is 28.3 Å². The maximum Gasteiger partial charge on any atom is 0.176 e. The maximum atomic E-state index is 5.92. The molecule has 2 heterocycles. The molecule has 0 saturated carbocycles. The molecule has 0 amide bonds. The molecule has 3 nitrogen and oxygen atoms in total. The highest BCUT2D eigenvalue weighted by Crippen LogP contribution is 2.32. The minimum absolute atomic E-state index is 0. The molecule has 3 aromatic rings. The summed E-state index contributed by atoms with van der Waals surface area (Å²) < 4.78 is 9.01. The summed E-state index contributed by atoms with van der Waals surface area (Å²) in [5.74, 6) is 2.49. The molecule has 0 radical (unpaired) electrons. The summed E-state index contributed by atoms with van der Waals surface area (Å²) in [6.45, 7) is 2.96. The van der Waals surface area contributed by atoms with Gasteiger partial charge in [0.15, 0.2) is 11.6 Å². The van der Waals surface area contributed by atoms with Gasteiger partial charge in [0.1, 0.15) is 5.76 Å². The zero-order valence-corrected chi connectivity index (χ0v) is 13.3. The van der Waals surface area contributed by atoms with Crippen molar-refractivity contribution in [2.24, 2.45) is 0 Å². The van der Waals surface area contributed by atoms with Gasteiger partial charge >= 0.3 is 0 Å². The Kier molecular flexibility index (Phi) is 4.68. The van der Waals surface area contributed by atoms with Crippen molar-refractivity contribution in [3.05, 3.63) is 53.3 Å². The van der Waals surface area contributed by atoms with E-state index in [4.69, 9.17) is 4.42 Å². The number of rotatable bonds is 3. The van der Waals surface area contributed by atoms with Crippen molar-refractivity contribution < 1.29 is 4.42 Å². The minimum Gasteiger partial charge on any atom is -0.453 e. The summed E-state index contributed by atoms with van der Waals surface area (Å²) in [5, 5.41) is 0. The van der Waals surface area contributed by atoms with E-state index in [-0.39, 0.29) is 12.4 Å². The predicted octanol–water partition coefficient (Wildman–Crippen LogP) is 5.01. The number of furan rings is 1. The fourth-order valence-corrected chi connectivity index (χ4v) is 2.53. The van der Waals surface area contributed by atoms with E-state index < -0.39 is 0 Å². The third-order valence-electron chi connectivity index (χ3n) is 3.02. The monoisotopic (exact) mass is 352 g/mol. The van der Waals surface area contributed by atoms with Crippen LogP contribution in [-0.4, -0.2) is 9.55 Å². The zero-order chi connectivity index (χ0) is 13.2. The summed E-state index contributed by atoms with van der Waals surface area (Å²) in [6, 6.07) is 12.0. The molecule has 3 rings (SSSR count). The molecule has 0 N–H and O–H groups in total. The minimum atomic E-state index is 0. The van der Waals surface area contributed by atoms with Crippen LogP contribution in [0.4, 0.5) is 0 Å². The molecule has 20 heavy (non-hydrogen) atoms. The Morgan fingerprint density at radius 3 is 2.65 bits per heavy atom. The van der Waals surface area contributed by atoms with Gasteiger partial charge in [-0.3, -0.25) is 0 Å². The van der Waals surface area contributed by atoms with E-state index in [0.29, 0.717) is 0 Å². The van der Waals surface area contributed by atoms with Crippen molar-refractivity contribution in [3.8, 4) is 22.9 Å². The lowest BCUT2D eigenvalue weighted by atomic mass is 10.2. The molecule has 0 aliphatic carbocycles. The number of halogens is 2. The van der Waals surface area contributed by atoms with Gasteiger partial charge in [-0.2, -0.15) is 0 Å². The first-order valence-corrected chi connectivity index (χ1v) is 6.95. The molecular formula is C15H14BrClN2O. The molecule has 0 unspecified atom stereocenters. The quantitative estimate of drug-likeness (QED) is 0.662. The zero-order valence-electron chi connectivity index (χ0n) is 10.9. The van der Waals surface area contributed by atoms with E-state index in [1.54, 1.807) is 6.20 Å². The van der Waals surface area contributed by atoms with Crippen LogP contribution in [0.15, 0.2) is 57.7 Å². The van der Waals surface area contributed by atoms with Crippen LogP contribution in [0.1, 0.15) is 6.92 Å². The molecule has 0 bridgehead atoms. The Morgan fingerprint density at radius 2 is 1.90 bits per heavy atom. The van der Waals surface area contributed by atoms with Crippen molar-refractivity contribution in [2.75, 3.05) is 0 Å². The molecule has 5 heteroatoms. The molecule has 104 valence electrons. The van der Waals surface area contributed by atoms with E-state index in [0.717, 1.165) is 33.9 Å². The summed E-state index contributed by atoms with van der Waals surface area (Å²) in [4.78, 5) is 4.34. The van der Waals surface area contributed by atoms with E-state index >= 15 is 0 Å². The van der Waals surface area contributed by atoms with Crippen LogP contribution in [-0.2, 0) is 6.54 Å². The largest absolute Gasteiger partial charge is 0.453 e. The second-order valence-corrected chi connectivity index (χ2v) is 5.03. The molecule has 0 saturated heterocycles. The van der Waals surface area contributed by atoms with Crippen molar-refractivity contribution >= 4 is 28.3 Å². The number of aryl methyl sites for hydroxylation is 1. The van der Waals surface area contributed by atoms with Crippen LogP contribution in [0, 0.1) is 0 Å². The third-order valence-corrected chi connectivity index (χ3v) is 3.71. The highest BCUT2D eigenvalue weighted by atomic mass is 79.9. The van der Waals surface area contributed by atoms with Gasteiger partial charge in [-0.1, -0.05) is 34.1 Å². The van der Waals surface area contributed by atoms with Gasteiger partial charge in [-0.25, -0.2) is 4.98 Å². The Hall–Kier alpha value is -1.52. The number of imidazole rings is 1. The number of nitrogens with zero attached hydrogens (tertiary/aromatic N) is 2. The fourth-order valence-electron chi connectivity index (χ4n) is 2.05. The van der Waals surface area contributed by atoms with Gasteiger partial charge in [0.2, 0.25) is 0 Å². The lowest BCUT2D eigenvalue weighted by molar-refractivity contribution is 0.584. The van der Waals surface area contributed by atoms with E-state index in [2.05, 4.69) is 32.4 Å². The Labute approximate surface area is 132 Å². The van der Waals surface area contributed by atoms with Crippen molar-refractivity contribution in [2.45, 2.75) is 13.5 Å². The maximum absolute atomic E-state index is 5.92. The van der Waals surface area contributed by atoms with Gasteiger partial charge in [-0.15, -0.1) is 12.4 Å². The van der Waals surface area contributed by atoms with Crippen LogP contribution < -0.4 is 0 Å². The molecule has 0 spiro atoms. The Bertz CT molecular complexity index is 705. The molecular weight excluding hydrogens is 340 g/mol. The standard InChI is InChI=1S/C15H13BrN2O.ClH/c1-2-18-10-9-17-15(18)14-8-7-13(19-14)11-5-3-4-6-12(11)16;/h3-10H,2H2,1H3;1H. The molecule has 0 atom stereocenters. The van der Waals surface area contributed by atoms with E-state index in [9.17, 15) is 0 Å².